The Morgan fingerprint density at radius 3 is 2.30 bits per heavy atom. The Bertz CT molecular complexity index is 962. The Hall–Kier alpha value is -2.18. The minimum atomic E-state index is -3.61. The van der Waals surface area contributed by atoms with Crippen LogP contribution in [0, 0.1) is 13.8 Å². The van der Waals surface area contributed by atoms with Gasteiger partial charge in [-0.2, -0.15) is 0 Å². The zero-order valence-electron chi connectivity index (χ0n) is 16.2. The van der Waals surface area contributed by atoms with Crippen LogP contribution in [0.3, 0.4) is 0 Å². The molecule has 0 radical (unpaired) electrons. The average Bonchev–Trinajstić information content (AvgIpc) is 3.43. The monoisotopic (exact) mass is 386 g/mol. The summed E-state index contributed by atoms with van der Waals surface area (Å²) in [5, 5.41) is 3.01. The molecule has 3 rings (SSSR count). The van der Waals surface area contributed by atoms with Crippen molar-refractivity contribution in [2.24, 2.45) is 0 Å². The first-order chi connectivity index (χ1) is 12.7. The van der Waals surface area contributed by atoms with E-state index in [0.717, 1.165) is 18.4 Å². The quantitative estimate of drug-likeness (QED) is 0.830. The summed E-state index contributed by atoms with van der Waals surface area (Å²) in [6.07, 6.45) is 2.09. The summed E-state index contributed by atoms with van der Waals surface area (Å²) in [5.41, 5.74) is 3.08. The molecular formula is C21H26N2O3S. The minimum Gasteiger partial charge on any atom is -0.351 e. The molecule has 144 valence electrons. The summed E-state index contributed by atoms with van der Waals surface area (Å²) >= 11 is 0. The van der Waals surface area contributed by atoms with Gasteiger partial charge in [-0.05, 0) is 55.5 Å². The number of nitrogens with zero attached hydrogens (tertiary/aromatic N) is 1. The molecule has 0 aromatic heterocycles. The van der Waals surface area contributed by atoms with Crippen LogP contribution in [0.5, 0.6) is 0 Å². The van der Waals surface area contributed by atoms with Crippen molar-refractivity contribution in [1.82, 2.24) is 9.62 Å². The zero-order valence-corrected chi connectivity index (χ0v) is 17.1. The smallest absolute Gasteiger partial charge is 0.251 e. The van der Waals surface area contributed by atoms with E-state index < -0.39 is 10.0 Å². The summed E-state index contributed by atoms with van der Waals surface area (Å²) in [7, 11) is -0.620. The number of sulfonamides is 1. The van der Waals surface area contributed by atoms with Gasteiger partial charge in [0.25, 0.3) is 5.91 Å². The Morgan fingerprint density at radius 1 is 1.11 bits per heavy atom. The van der Waals surface area contributed by atoms with Crippen LogP contribution in [0.2, 0.25) is 0 Å². The molecule has 0 saturated heterocycles. The van der Waals surface area contributed by atoms with Crippen LogP contribution in [-0.2, 0) is 15.4 Å². The molecule has 2 aromatic rings. The lowest BCUT2D eigenvalue weighted by molar-refractivity contribution is 0.0949. The van der Waals surface area contributed by atoms with Crippen LogP contribution in [-0.4, -0.2) is 39.3 Å². The van der Waals surface area contributed by atoms with Gasteiger partial charge in [-0.1, -0.05) is 30.3 Å². The van der Waals surface area contributed by atoms with Crippen molar-refractivity contribution in [3.8, 4) is 0 Å². The molecule has 0 spiro atoms. The fraction of sp³-hybridized carbons (Fsp3) is 0.381. The Labute approximate surface area is 161 Å². The third-order valence-corrected chi connectivity index (χ3v) is 7.41. The van der Waals surface area contributed by atoms with Crippen molar-refractivity contribution < 1.29 is 13.2 Å². The maximum absolute atomic E-state index is 12.7. The molecule has 0 aliphatic heterocycles. The molecule has 0 unspecified atom stereocenters. The standard InChI is InChI=1S/C21H26N2O3S/c1-15-12-17(13-19(16(15)2)27(25,26)23(3)4)20(24)22-14-21(10-11-21)18-8-6-5-7-9-18/h5-9,12-13H,10-11,14H2,1-4H3,(H,22,24). The molecule has 1 N–H and O–H groups in total. The van der Waals surface area contributed by atoms with Crippen LogP contribution in [0.15, 0.2) is 47.4 Å². The highest BCUT2D eigenvalue weighted by Gasteiger charge is 2.44. The van der Waals surface area contributed by atoms with Crippen molar-refractivity contribution >= 4 is 15.9 Å². The minimum absolute atomic E-state index is 0.00913. The van der Waals surface area contributed by atoms with Crippen LogP contribution in [0.4, 0.5) is 0 Å². The summed E-state index contributed by atoms with van der Waals surface area (Å²) in [6.45, 7) is 4.15. The third kappa shape index (κ3) is 3.77. The van der Waals surface area contributed by atoms with Gasteiger partial charge in [-0.25, -0.2) is 12.7 Å². The van der Waals surface area contributed by atoms with Gasteiger partial charge in [0.2, 0.25) is 10.0 Å². The number of nitrogens with one attached hydrogen (secondary N) is 1. The Morgan fingerprint density at radius 2 is 1.74 bits per heavy atom. The number of carbonyl (C=O) groups excluding carboxylic acids is 1. The maximum atomic E-state index is 12.7. The highest BCUT2D eigenvalue weighted by molar-refractivity contribution is 7.89. The van der Waals surface area contributed by atoms with Gasteiger partial charge in [0, 0.05) is 31.6 Å². The second-order valence-corrected chi connectivity index (χ2v) is 9.65. The van der Waals surface area contributed by atoms with E-state index in [1.165, 1.54) is 30.0 Å². The molecule has 1 aliphatic rings. The van der Waals surface area contributed by atoms with Gasteiger partial charge in [0.15, 0.2) is 0 Å². The summed E-state index contributed by atoms with van der Waals surface area (Å²) in [4.78, 5) is 12.9. The van der Waals surface area contributed by atoms with Gasteiger partial charge in [-0.3, -0.25) is 4.79 Å². The van der Waals surface area contributed by atoms with Crippen molar-refractivity contribution in [2.45, 2.75) is 37.0 Å². The number of carbonyl (C=O) groups is 1. The van der Waals surface area contributed by atoms with Gasteiger partial charge >= 0.3 is 0 Å². The first-order valence-electron chi connectivity index (χ1n) is 9.05. The molecular weight excluding hydrogens is 360 g/mol. The van der Waals surface area contributed by atoms with E-state index in [2.05, 4.69) is 17.4 Å². The second kappa shape index (κ2) is 7.09. The normalized spacial score (nSPS) is 15.6. The fourth-order valence-corrected chi connectivity index (χ4v) is 4.50. The van der Waals surface area contributed by atoms with E-state index in [0.29, 0.717) is 17.7 Å². The summed E-state index contributed by atoms with van der Waals surface area (Å²) in [5.74, 6) is -0.240. The van der Waals surface area contributed by atoms with Gasteiger partial charge in [-0.15, -0.1) is 0 Å². The molecule has 1 fully saturated rings. The topological polar surface area (TPSA) is 66.5 Å². The molecule has 0 atom stereocenters. The molecule has 5 nitrogen and oxygen atoms in total. The fourth-order valence-electron chi connectivity index (χ4n) is 3.28. The van der Waals surface area contributed by atoms with Crippen molar-refractivity contribution in [3.63, 3.8) is 0 Å². The number of hydrogen-bond acceptors (Lipinski definition) is 3. The van der Waals surface area contributed by atoms with E-state index >= 15 is 0 Å². The predicted molar refractivity (Wildman–Crippen MR) is 106 cm³/mol. The molecule has 1 aliphatic carbocycles. The number of amides is 1. The van der Waals surface area contributed by atoms with Gasteiger partial charge in [0.05, 0.1) is 4.90 Å². The average molecular weight is 387 g/mol. The number of benzene rings is 2. The summed E-state index contributed by atoms with van der Waals surface area (Å²) in [6, 6.07) is 13.4. The van der Waals surface area contributed by atoms with Crippen LogP contribution < -0.4 is 5.32 Å². The largest absolute Gasteiger partial charge is 0.351 e. The molecule has 1 saturated carbocycles. The molecule has 1 amide bonds. The SMILES string of the molecule is Cc1cc(C(=O)NCC2(c3ccccc3)CC2)cc(S(=O)(=O)N(C)C)c1C. The molecule has 2 aromatic carbocycles. The number of rotatable bonds is 6. The first kappa shape index (κ1) is 19.6. The lowest BCUT2D eigenvalue weighted by Gasteiger charge is -2.18. The van der Waals surface area contributed by atoms with E-state index in [9.17, 15) is 13.2 Å². The third-order valence-electron chi connectivity index (χ3n) is 5.47. The van der Waals surface area contributed by atoms with Crippen molar-refractivity contribution in [2.75, 3.05) is 20.6 Å². The highest BCUT2D eigenvalue weighted by Crippen LogP contribution is 2.47. The zero-order chi connectivity index (χ0) is 19.8. The van der Waals surface area contributed by atoms with Gasteiger partial charge in [0.1, 0.15) is 0 Å². The molecule has 0 heterocycles. The van der Waals surface area contributed by atoms with Crippen molar-refractivity contribution in [1.29, 1.82) is 0 Å². The van der Waals surface area contributed by atoms with E-state index in [4.69, 9.17) is 0 Å². The lowest BCUT2D eigenvalue weighted by atomic mass is 9.96. The molecule has 0 bridgehead atoms. The Balaban J connectivity index is 1.83. The van der Waals surface area contributed by atoms with Crippen LogP contribution in [0.1, 0.15) is 39.9 Å². The predicted octanol–water partition coefficient (Wildman–Crippen LogP) is 3.02. The summed E-state index contributed by atoms with van der Waals surface area (Å²) < 4.78 is 26.3. The molecule has 27 heavy (non-hydrogen) atoms. The molecule has 6 heteroatoms. The number of hydrogen-bond donors (Lipinski definition) is 1. The number of aryl methyl sites for hydroxylation is 1. The maximum Gasteiger partial charge on any atom is 0.251 e. The van der Waals surface area contributed by atoms with E-state index in [-0.39, 0.29) is 16.2 Å². The van der Waals surface area contributed by atoms with Crippen molar-refractivity contribution in [3.05, 3.63) is 64.7 Å². The van der Waals surface area contributed by atoms with E-state index in [1.807, 2.05) is 25.1 Å². The lowest BCUT2D eigenvalue weighted by Crippen LogP contribution is -2.32. The first-order valence-corrected chi connectivity index (χ1v) is 10.5. The van der Waals surface area contributed by atoms with Crippen LogP contribution >= 0.6 is 0 Å². The van der Waals surface area contributed by atoms with E-state index in [1.54, 1.807) is 13.0 Å². The van der Waals surface area contributed by atoms with Gasteiger partial charge < -0.3 is 5.32 Å². The highest BCUT2D eigenvalue weighted by atomic mass is 32.2. The van der Waals surface area contributed by atoms with Crippen LogP contribution in [0.25, 0.3) is 0 Å². The second-order valence-electron chi connectivity index (χ2n) is 7.53. The Kier molecular flexibility index (Phi) is 5.14.